The second kappa shape index (κ2) is 13.8. The van der Waals surface area contributed by atoms with Crippen LogP contribution >= 0.6 is 0 Å². The first-order chi connectivity index (χ1) is 17.1. The van der Waals surface area contributed by atoms with E-state index in [0.717, 1.165) is 29.4 Å². The third-order valence-corrected chi connectivity index (χ3v) is 7.32. The van der Waals surface area contributed by atoms with Crippen molar-refractivity contribution in [3.8, 4) is 16.9 Å². The highest BCUT2D eigenvalue weighted by Crippen LogP contribution is 2.33. The van der Waals surface area contributed by atoms with E-state index in [2.05, 4.69) is 50.3 Å². The van der Waals surface area contributed by atoms with Gasteiger partial charge in [-0.05, 0) is 90.5 Å². The van der Waals surface area contributed by atoms with Crippen LogP contribution in [0.1, 0.15) is 80.3 Å². The standard InChI is InChI=1S/C33H38O2.FH/c1-3-5-6-26-7-9-27(10-8-26)11-12-28-13-17-29(18-14-28)30-19-21-31(22-20-30)33(34)35-32-23-15-25(4-2)16-24-32;/h11-24,26-27H,3-10H2,1-2H3;1H/b12-11+;. The summed E-state index contributed by atoms with van der Waals surface area (Å²) in [5.41, 5.74) is 5.26. The Morgan fingerprint density at radius 2 is 1.44 bits per heavy atom. The van der Waals surface area contributed by atoms with Gasteiger partial charge in [0, 0.05) is 0 Å². The molecule has 0 saturated heterocycles. The van der Waals surface area contributed by atoms with Gasteiger partial charge in [0.2, 0.25) is 0 Å². The molecular weight excluding hydrogens is 447 g/mol. The fraction of sp³-hybridized carbons (Fsp3) is 0.364. The summed E-state index contributed by atoms with van der Waals surface area (Å²) < 4.78 is 5.51. The van der Waals surface area contributed by atoms with Crippen LogP contribution in [0.3, 0.4) is 0 Å². The van der Waals surface area contributed by atoms with Gasteiger partial charge in [0.25, 0.3) is 0 Å². The summed E-state index contributed by atoms with van der Waals surface area (Å²) in [6, 6.07) is 24.0. The zero-order valence-electron chi connectivity index (χ0n) is 21.6. The molecule has 1 saturated carbocycles. The Hall–Kier alpha value is -3.20. The van der Waals surface area contributed by atoms with E-state index in [4.69, 9.17) is 4.74 Å². The summed E-state index contributed by atoms with van der Waals surface area (Å²) in [5.74, 6) is 1.93. The average Bonchev–Trinajstić information content (AvgIpc) is 2.92. The number of hydrogen-bond acceptors (Lipinski definition) is 2. The highest BCUT2D eigenvalue weighted by molar-refractivity contribution is 5.91. The molecule has 3 aromatic carbocycles. The van der Waals surface area contributed by atoms with Gasteiger partial charge >= 0.3 is 5.97 Å². The molecule has 1 aliphatic rings. The molecule has 0 radical (unpaired) electrons. The van der Waals surface area contributed by atoms with Gasteiger partial charge in [0.05, 0.1) is 5.56 Å². The predicted octanol–water partition coefficient (Wildman–Crippen LogP) is 9.30. The molecule has 3 heteroatoms. The van der Waals surface area contributed by atoms with Crippen LogP contribution in [0.15, 0.2) is 78.9 Å². The Labute approximate surface area is 215 Å². The van der Waals surface area contributed by atoms with Crippen LogP contribution < -0.4 is 4.74 Å². The molecule has 0 aromatic heterocycles. The molecule has 0 atom stereocenters. The van der Waals surface area contributed by atoms with Crippen LogP contribution in [0.2, 0.25) is 0 Å². The van der Waals surface area contributed by atoms with Crippen LogP contribution in [-0.4, -0.2) is 5.97 Å². The van der Waals surface area contributed by atoms with E-state index in [0.29, 0.717) is 11.3 Å². The summed E-state index contributed by atoms with van der Waals surface area (Å²) in [5, 5.41) is 0. The van der Waals surface area contributed by atoms with E-state index in [9.17, 15) is 4.79 Å². The van der Waals surface area contributed by atoms with Gasteiger partial charge in [-0.1, -0.05) is 93.8 Å². The van der Waals surface area contributed by atoms with Crippen LogP contribution in [-0.2, 0) is 6.42 Å². The van der Waals surface area contributed by atoms with Gasteiger partial charge in [-0.15, -0.1) is 0 Å². The normalized spacial score (nSPS) is 17.5. The van der Waals surface area contributed by atoms with Crippen molar-refractivity contribution in [3.05, 3.63) is 95.6 Å². The lowest BCUT2D eigenvalue weighted by molar-refractivity contribution is 0.0734. The van der Waals surface area contributed by atoms with Crippen LogP contribution in [0, 0.1) is 11.8 Å². The molecule has 0 N–H and O–H groups in total. The SMILES string of the molecule is CCCCC1CCC(/C=C/c2ccc(-c3ccc(C(=O)Oc4ccc(CC)cc4)cc3)cc2)CC1.F. The minimum absolute atomic E-state index is 0. The van der Waals surface area contributed by atoms with E-state index < -0.39 is 0 Å². The van der Waals surface area contributed by atoms with E-state index >= 15 is 0 Å². The molecule has 4 rings (SSSR count). The molecule has 3 aromatic rings. The van der Waals surface area contributed by atoms with Crippen molar-refractivity contribution in [1.82, 2.24) is 0 Å². The lowest BCUT2D eigenvalue weighted by atomic mass is 9.79. The van der Waals surface area contributed by atoms with Gasteiger partial charge in [0.1, 0.15) is 5.75 Å². The molecular formula is C33H39FO2. The molecule has 1 fully saturated rings. The molecule has 0 bridgehead atoms. The average molecular weight is 487 g/mol. The topological polar surface area (TPSA) is 26.3 Å². The lowest BCUT2D eigenvalue weighted by Gasteiger charge is -2.26. The molecule has 2 nitrogen and oxygen atoms in total. The number of benzene rings is 3. The van der Waals surface area contributed by atoms with Crippen LogP contribution in [0.4, 0.5) is 4.70 Å². The van der Waals surface area contributed by atoms with E-state index in [1.807, 2.05) is 48.5 Å². The summed E-state index contributed by atoms with van der Waals surface area (Å²) in [6.45, 7) is 4.40. The van der Waals surface area contributed by atoms with Gasteiger partial charge in [0.15, 0.2) is 0 Å². The van der Waals surface area contributed by atoms with Crippen molar-refractivity contribution in [1.29, 1.82) is 0 Å². The number of rotatable bonds is 9. The molecule has 0 aliphatic heterocycles. The number of carbonyl (C=O) groups is 1. The fourth-order valence-corrected chi connectivity index (χ4v) is 4.95. The first-order valence-electron chi connectivity index (χ1n) is 13.3. The summed E-state index contributed by atoms with van der Waals surface area (Å²) in [7, 11) is 0. The Morgan fingerprint density at radius 1 is 0.833 bits per heavy atom. The number of halogens is 1. The first-order valence-corrected chi connectivity index (χ1v) is 13.3. The minimum atomic E-state index is -0.333. The number of carbonyl (C=O) groups excluding carboxylic acids is 1. The zero-order chi connectivity index (χ0) is 24.5. The van der Waals surface area contributed by atoms with Crippen LogP contribution in [0.5, 0.6) is 5.75 Å². The summed E-state index contributed by atoms with van der Waals surface area (Å²) in [6.07, 6.45) is 15.2. The maximum absolute atomic E-state index is 12.5. The monoisotopic (exact) mass is 486 g/mol. The molecule has 0 unspecified atom stereocenters. The number of unbranched alkanes of at least 4 members (excludes halogenated alkanes) is 1. The van der Waals surface area contributed by atoms with Crippen molar-refractivity contribution in [3.63, 3.8) is 0 Å². The van der Waals surface area contributed by atoms with Gasteiger partial charge in [-0.2, -0.15) is 0 Å². The highest BCUT2D eigenvalue weighted by atomic mass is 19.0. The molecule has 36 heavy (non-hydrogen) atoms. The number of hydrogen-bond donors (Lipinski definition) is 0. The largest absolute Gasteiger partial charge is 0.423 e. The summed E-state index contributed by atoms with van der Waals surface area (Å²) >= 11 is 0. The first kappa shape index (κ1) is 27.4. The van der Waals surface area contributed by atoms with Crippen molar-refractivity contribution in [2.24, 2.45) is 11.8 Å². The molecule has 190 valence electrons. The third kappa shape index (κ3) is 7.65. The van der Waals surface area contributed by atoms with E-state index in [1.54, 1.807) is 0 Å². The van der Waals surface area contributed by atoms with E-state index in [-0.39, 0.29) is 10.7 Å². The zero-order valence-corrected chi connectivity index (χ0v) is 21.6. The van der Waals surface area contributed by atoms with Gasteiger partial charge in [-0.25, -0.2) is 4.79 Å². The van der Waals surface area contributed by atoms with Gasteiger partial charge in [-0.3, -0.25) is 4.70 Å². The molecule has 0 heterocycles. The van der Waals surface area contributed by atoms with E-state index in [1.165, 1.54) is 56.1 Å². The molecule has 0 spiro atoms. The smallest absolute Gasteiger partial charge is 0.343 e. The highest BCUT2D eigenvalue weighted by Gasteiger charge is 2.18. The van der Waals surface area contributed by atoms with Crippen molar-refractivity contribution >= 4 is 12.0 Å². The number of aryl methyl sites for hydroxylation is 1. The summed E-state index contributed by atoms with van der Waals surface area (Å²) in [4.78, 5) is 12.5. The van der Waals surface area contributed by atoms with Crippen molar-refractivity contribution in [2.75, 3.05) is 0 Å². The Bertz CT molecular complexity index is 1090. The Morgan fingerprint density at radius 3 is 2.03 bits per heavy atom. The lowest BCUT2D eigenvalue weighted by Crippen LogP contribution is -2.12. The maximum atomic E-state index is 12.5. The number of esters is 1. The minimum Gasteiger partial charge on any atom is -0.423 e. The maximum Gasteiger partial charge on any atom is 0.343 e. The molecule has 1 aliphatic carbocycles. The van der Waals surface area contributed by atoms with Crippen molar-refractivity contribution in [2.45, 2.75) is 65.2 Å². The molecule has 0 amide bonds. The third-order valence-electron chi connectivity index (χ3n) is 7.32. The van der Waals surface area contributed by atoms with Gasteiger partial charge < -0.3 is 4.74 Å². The number of allylic oxidation sites excluding steroid dienone is 1. The predicted molar refractivity (Wildman–Crippen MR) is 149 cm³/mol. The fourth-order valence-electron chi connectivity index (χ4n) is 4.95. The Balaban J connectivity index is 0.00000361. The van der Waals surface area contributed by atoms with Crippen LogP contribution in [0.25, 0.3) is 17.2 Å². The van der Waals surface area contributed by atoms with Crippen molar-refractivity contribution < 1.29 is 14.2 Å². The second-order valence-electron chi connectivity index (χ2n) is 9.87. The number of ether oxygens (including phenoxy) is 1. The quantitative estimate of drug-likeness (QED) is 0.222. The Kier molecular flexibility index (Phi) is 10.5. The second-order valence-corrected chi connectivity index (χ2v) is 9.87.